The number of carbonyl (C=O) groups excluding carboxylic acids is 1. The molecule has 0 atom stereocenters. The van der Waals surface area contributed by atoms with Crippen LogP contribution in [-0.2, 0) is 4.79 Å². The van der Waals surface area contributed by atoms with E-state index in [0.717, 1.165) is 17.1 Å². The zero-order valence-corrected chi connectivity index (χ0v) is 14.8. The summed E-state index contributed by atoms with van der Waals surface area (Å²) in [6, 6.07) is 9.27. The number of rotatable bonds is 5. The highest BCUT2D eigenvalue weighted by Gasteiger charge is 2.13. The van der Waals surface area contributed by atoms with Crippen molar-refractivity contribution in [1.29, 1.82) is 0 Å². The van der Waals surface area contributed by atoms with Gasteiger partial charge in [0, 0.05) is 23.1 Å². The molecule has 0 unspecified atom stereocenters. The molecule has 0 aliphatic rings. The number of nitrogens with zero attached hydrogens (tertiary/aromatic N) is 4. The Morgan fingerprint density at radius 2 is 1.96 bits per heavy atom. The fourth-order valence-corrected chi connectivity index (χ4v) is 3.17. The summed E-state index contributed by atoms with van der Waals surface area (Å²) < 4.78 is 3.72. The van der Waals surface area contributed by atoms with Crippen LogP contribution in [0.15, 0.2) is 47.9 Å². The largest absolute Gasteiger partial charge is 0.325 e. The Morgan fingerprint density at radius 3 is 2.71 bits per heavy atom. The fraction of sp³-hybridized carbons (Fsp3) is 0.188. The third kappa shape index (κ3) is 3.47. The van der Waals surface area contributed by atoms with Gasteiger partial charge in [-0.05, 0) is 43.7 Å². The minimum Gasteiger partial charge on any atom is -0.325 e. The first-order valence-electron chi connectivity index (χ1n) is 7.29. The van der Waals surface area contributed by atoms with Crippen molar-refractivity contribution in [3.63, 3.8) is 0 Å². The van der Waals surface area contributed by atoms with Crippen molar-refractivity contribution in [3.8, 4) is 0 Å². The van der Waals surface area contributed by atoms with E-state index in [1.165, 1.54) is 11.8 Å². The van der Waals surface area contributed by atoms with Crippen LogP contribution in [0, 0.1) is 13.8 Å². The topological polar surface area (TPSA) is 64.7 Å². The second-order valence-corrected chi connectivity index (χ2v) is 6.50. The number of carbonyl (C=O) groups is 1. The van der Waals surface area contributed by atoms with Crippen LogP contribution in [0.3, 0.4) is 0 Å². The van der Waals surface area contributed by atoms with Crippen molar-refractivity contribution in [2.24, 2.45) is 0 Å². The van der Waals surface area contributed by atoms with Crippen LogP contribution in [0.4, 0.5) is 5.69 Å². The molecule has 0 aliphatic carbocycles. The van der Waals surface area contributed by atoms with E-state index >= 15 is 0 Å². The summed E-state index contributed by atoms with van der Waals surface area (Å²) in [5.74, 6) is 0.857. The maximum atomic E-state index is 12.2. The van der Waals surface area contributed by atoms with Crippen molar-refractivity contribution in [2.75, 3.05) is 11.1 Å². The highest BCUT2D eigenvalue weighted by atomic mass is 35.5. The highest BCUT2D eigenvalue weighted by molar-refractivity contribution is 7.99. The number of anilines is 1. The lowest BCUT2D eigenvalue weighted by Gasteiger charge is -2.10. The molecule has 2 heterocycles. The van der Waals surface area contributed by atoms with Gasteiger partial charge in [-0.15, -0.1) is 10.2 Å². The molecule has 24 heavy (non-hydrogen) atoms. The number of hydrogen-bond acceptors (Lipinski definition) is 4. The zero-order valence-electron chi connectivity index (χ0n) is 13.2. The molecule has 1 N–H and O–H groups in total. The van der Waals surface area contributed by atoms with Crippen LogP contribution in [0.5, 0.6) is 0 Å². The van der Waals surface area contributed by atoms with Gasteiger partial charge in [-0.3, -0.25) is 9.47 Å². The summed E-state index contributed by atoms with van der Waals surface area (Å²) in [7, 11) is 0. The molecule has 6 nitrogen and oxygen atoms in total. The van der Waals surface area contributed by atoms with Crippen LogP contribution in [0.25, 0.3) is 0 Å². The molecule has 3 rings (SSSR count). The molecule has 0 radical (unpaired) electrons. The first-order chi connectivity index (χ1) is 11.6. The molecule has 3 aromatic rings. The lowest BCUT2D eigenvalue weighted by atomic mass is 10.2. The molecule has 124 valence electrons. The van der Waals surface area contributed by atoms with E-state index in [9.17, 15) is 4.79 Å². The van der Waals surface area contributed by atoms with Crippen molar-refractivity contribution < 1.29 is 4.79 Å². The second-order valence-electron chi connectivity index (χ2n) is 5.15. The Hall–Kier alpha value is -2.25. The van der Waals surface area contributed by atoms with E-state index in [1.54, 1.807) is 6.07 Å². The number of halogens is 1. The third-order valence-corrected chi connectivity index (χ3v) is 4.79. The van der Waals surface area contributed by atoms with Gasteiger partial charge in [0.15, 0.2) is 5.82 Å². The molecule has 0 aliphatic heterocycles. The van der Waals surface area contributed by atoms with Gasteiger partial charge in [-0.25, -0.2) is 4.68 Å². The molecule has 0 saturated carbocycles. The molecular formula is C16H16ClN5OS. The first kappa shape index (κ1) is 16.6. The van der Waals surface area contributed by atoms with E-state index in [4.69, 9.17) is 11.6 Å². The lowest BCUT2D eigenvalue weighted by molar-refractivity contribution is -0.113. The van der Waals surface area contributed by atoms with Gasteiger partial charge < -0.3 is 5.32 Å². The van der Waals surface area contributed by atoms with Crippen molar-refractivity contribution >= 4 is 35.0 Å². The van der Waals surface area contributed by atoms with Gasteiger partial charge >= 0.3 is 0 Å². The molecule has 1 aromatic carbocycles. The third-order valence-electron chi connectivity index (χ3n) is 3.46. The molecular weight excluding hydrogens is 346 g/mol. The average molecular weight is 362 g/mol. The summed E-state index contributed by atoms with van der Waals surface area (Å²) in [5.41, 5.74) is 1.57. The second kappa shape index (κ2) is 7.11. The van der Waals surface area contributed by atoms with E-state index in [0.29, 0.717) is 10.2 Å². The Labute approximate surface area is 148 Å². The SMILES string of the molecule is Cc1c(Cl)cccc1NC(=O)CSc1nnc(C)n1-n1cccc1. The number of benzene rings is 1. The number of aryl methyl sites for hydroxylation is 1. The molecule has 8 heteroatoms. The minimum absolute atomic E-state index is 0.120. The Bertz CT molecular complexity index is 859. The fourth-order valence-electron chi connectivity index (χ4n) is 2.21. The van der Waals surface area contributed by atoms with E-state index in [-0.39, 0.29) is 11.7 Å². The van der Waals surface area contributed by atoms with Gasteiger partial charge in [0.05, 0.1) is 5.75 Å². The predicted octanol–water partition coefficient (Wildman–Crippen LogP) is 3.39. The number of hydrogen-bond donors (Lipinski definition) is 1. The Balaban J connectivity index is 1.68. The maximum Gasteiger partial charge on any atom is 0.234 e. The van der Waals surface area contributed by atoms with Gasteiger partial charge in [-0.2, -0.15) is 0 Å². The van der Waals surface area contributed by atoms with E-state index in [1.807, 2.05) is 59.9 Å². The molecule has 1 amide bonds. The van der Waals surface area contributed by atoms with Crippen LogP contribution in [0.2, 0.25) is 5.02 Å². The maximum absolute atomic E-state index is 12.2. The van der Waals surface area contributed by atoms with Crippen molar-refractivity contribution in [1.82, 2.24) is 19.5 Å². The summed E-state index contributed by atoms with van der Waals surface area (Å²) >= 11 is 7.40. The summed E-state index contributed by atoms with van der Waals surface area (Å²) in [6.07, 6.45) is 3.80. The zero-order chi connectivity index (χ0) is 17.1. The van der Waals surface area contributed by atoms with Gasteiger partial charge in [0.2, 0.25) is 11.1 Å². The normalized spacial score (nSPS) is 10.8. The van der Waals surface area contributed by atoms with E-state index < -0.39 is 0 Å². The number of aromatic nitrogens is 4. The summed E-state index contributed by atoms with van der Waals surface area (Å²) in [4.78, 5) is 12.2. The summed E-state index contributed by atoms with van der Waals surface area (Å²) in [6.45, 7) is 3.74. The number of amides is 1. The smallest absolute Gasteiger partial charge is 0.234 e. The van der Waals surface area contributed by atoms with Crippen LogP contribution in [-0.4, -0.2) is 31.2 Å². The molecule has 0 saturated heterocycles. The number of nitrogens with one attached hydrogen (secondary N) is 1. The van der Waals surface area contributed by atoms with Crippen LogP contribution >= 0.6 is 23.4 Å². The first-order valence-corrected chi connectivity index (χ1v) is 8.66. The molecule has 0 bridgehead atoms. The van der Waals surface area contributed by atoms with E-state index in [2.05, 4.69) is 15.5 Å². The number of thioether (sulfide) groups is 1. The lowest BCUT2D eigenvalue weighted by Crippen LogP contribution is -2.16. The van der Waals surface area contributed by atoms with Crippen LogP contribution in [0.1, 0.15) is 11.4 Å². The quantitative estimate of drug-likeness (QED) is 0.707. The van der Waals surface area contributed by atoms with Gasteiger partial charge in [0.25, 0.3) is 0 Å². The van der Waals surface area contributed by atoms with Gasteiger partial charge in [-0.1, -0.05) is 29.4 Å². The standard InChI is InChI=1S/C16H16ClN5OS/c1-11-13(17)6-5-7-14(11)18-15(23)10-24-16-20-19-12(2)22(16)21-8-3-4-9-21/h3-9H,10H2,1-2H3,(H,18,23). The average Bonchev–Trinajstić information content (AvgIpc) is 3.19. The highest BCUT2D eigenvalue weighted by Crippen LogP contribution is 2.23. The molecule has 0 spiro atoms. The predicted molar refractivity (Wildman–Crippen MR) is 95.5 cm³/mol. The van der Waals surface area contributed by atoms with Crippen LogP contribution < -0.4 is 5.32 Å². The van der Waals surface area contributed by atoms with Gasteiger partial charge in [0.1, 0.15) is 0 Å². The minimum atomic E-state index is -0.120. The summed E-state index contributed by atoms with van der Waals surface area (Å²) in [5, 5.41) is 12.4. The van der Waals surface area contributed by atoms with Crippen molar-refractivity contribution in [2.45, 2.75) is 19.0 Å². The van der Waals surface area contributed by atoms with Crippen molar-refractivity contribution in [3.05, 3.63) is 59.1 Å². The Morgan fingerprint density at radius 1 is 1.21 bits per heavy atom. The molecule has 0 fully saturated rings. The Kier molecular flexibility index (Phi) is 4.92. The monoisotopic (exact) mass is 361 g/mol. The molecule has 2 aromatic heterocycles.